The van der Waals surface area contributed by atoms with Crippen LogP contribution in [0.2, 0.25) is 0 Å². The number of hydrogen-bond donors (Lipinski definition) is 2. The zero-order valence-corrected chi connectivity index (χ0v) is 12.1. The molecule has 0 aromatic heterocycles. The van der Waals surface area contributed by atoms with Crippen molar-refractivity contribution in [2.45, 2.75) is 78.4 Å². The van der Waals surface area contributed by atoms with Crippen LogP contribution < -0.4 is 5.32 Å². The van der Waals surface area contributed by atoms with Crippen LogP contribution in [0.4, 0.5) is 0 Å². The smallest absolute Gasteiger partial charge is 0.0669 e. The molecule has 2 nitrogen and oxygen atoms in total. The van der Waals surface area contributed by atoms with Gasteiger partial charge in [0.2, 0.25) is 0 Å². The van der Waals surface area contributed by atoms with Crippen molar-refractivity contribution in [3.63, 3.8) is 0 Å². The Kier molecular flexibility index (Phi) is 5.94. The lowest BCUT2D eigenvalue weighted by atomic mass is 9.84. The van der Waals surface area contributed by atoms with Gasteiger partial charge in [-0.1, -0.05) is 40.0 Å². The minimum atomic E-state index is -0.207. The lowest BCUT2D eigenvalue weighted by molar-refractivity contribution is 0.112. The largest absolute Gasteiger partial charge is 0.392 e. The van der Waals surface area contributed by atoms with Gasteiger partial charge in [0.25, 0.3) is 0 Å². The molecule has 1 saturated carbocycles. The maximum absolute atomic E-state index is 9.97. The zero-order chi connectivity index (χ0) is 12.9. The van der Waals surface area contributed by atoms with Gasteiger partial charge in [0.1, 0.15) is 0 Å². The normalized spacial score (nSPS) is 22.4. The van der Waals surface area contributed by atoms with Crippen LogP contribution in [-0.4, -0.2) is 23.8 Å². The first-order chi connectivity index (χ1) is 7.88. The minimum Gasteiger partial charge on any atom is -0.392 e. The molecule has 1 aliphatic rings. The maximum Gasteiger partial charge on any atom is 0.0669 e. The first kappa shape index (κ1) is 15.0. The molecule has 0 spiro atoms. The van der Waals surface area contributed by atoms with E-state index in [0.717, 1.165) is 18.9 Å². The molecule has 0 radical (unpaired) electrons. The molecule has 2 N–H and O–H groups in total. The molecule has 0 amide bonds. The summed E-state index contributed by atoms with van der Waals surface area (Å²) < 4.78 is 0. The molecule has 1 fully saturated rings. The highest BCUT2D eigenvalue weighted by Gasteiger charge is 2.21. The van der Waals surface area contributed by atoms with Gasteiger partial charge < -0.3 is 10.4 Å². The number of hydrogen-bond acceptors (Lipinski definition) is 2. The van der Waals surface area contributed by atoms with E-state index in [-0.39, 0.29) is 11.5 Å². The van der Waals surface area contributed by atoms with Crippen LogP contribution in [0.5, 0.6) is 0 Å². The van der Waals surface area contributed by atoms with E-state index in [1.165, 1.54) is 32.1 Å². The molecule has 0 bridgehead atoms. The molecule has 0 aliphatic heterocycles. The molecule has 2 atom stereocenters. The number of nitrogens with one attached hydrogen (secondary N) is 1. The number of aliphatic hydroxyl groups excluding tert-OH is 1. The molecule has 0 heterocycles. The Morgan fingerprint density at radius 2 is 1.76 bits per heavy atom. The van der Waals surface area contributed by atoms with Gasteiger partial charge in [-0.2, -0.15) is 0 Å². The Bertz CT molecular complexity index is 203. The lowest BCUT2D eigenvalue weighted by Crippen LogP contribution is -2.40. The zero-order valence-electron chi connectivity index (χ0n) is 12.1. The molecule has 0 aromatic rings. The SMILES string of the molecule is CC(NCC(O)CC(C)(C)C)C1CCCCC1. The summed E-state index contributed by atoms with van der Waals surface area (Å²) in [4.78, 5) is 0. The molecule has 0 aromatic carbocycles. The van der Waals surface area contributed by atoms with Crippen LogP contribution >= 0.6 is 0 Å². The number of rotatable bonds is 5. The van der Waals surface area contributed by atoms with Crippen molar-refractivity contribution < 1.29 is 5.11 Å². The Hall–Kier alpha value is -0.0800. The molecule has 102 valence electrons. The van der Waals surface area contributed by atoms with Crippen molar-refractivity contribution in [1.29, 1.82) is 0 Å². The van der Waals surface area contributed by atoms with Gasteiger partial charge in [0.15, 0.2) is 0 Å². The summed E-state index contributed by atoms with van der Waals surface area (Å²) in [5.41, 5.74) is 0.217. The fourth-order valence-electron chi connectivity index (χ4n) is 2.90. The van der Waals surface area contributed by atoms with Crippen LogP contribution in [0.1, 0.15) is 66.2 Å². The van der Waals surface area contributed by atoms with E-state index < -0.39 is 0 Å². The highest BCUT2D eigenvalue weighted by molar-refractivity contribution is 4.78. The predicted molar refractivity (Wildman–Crippen MR) is 74.1 cm³/mol. The van der Waals surface area contributed by atoms with E-state index >= 15 is 0 Å². The predicted octanol–water partition coefficient (Wildman–Crippen LogP) is 3.34. The second-order valence-electron chi connectivity index (χ2n) is 7.01. The third-order valence-corrected chi connectivity index (χ3v) is 3.88. The highest BCUT2D eigenvalue weighted by Crippen LogP contribution is 2.26. The summed E-state index contributed by atoms with van der Waals surface area (Å²) in [6.45, 7) is 9.57. The van der Waals surface area contributed by atoms with Gasteiger partial charge in [-0.15, -0.1) is 0 Å². The Balaban J connectivity index is 2.20. The fourth-order valence-corrected chi connectivity index (χ4v) is 2.90. The van der Waals surface area contributed by atoms with Gasteiger partial charge in [-0.3, -0.25) is 0 Å². The van der Waals surface area contributed by atoms with Crippen molar-refractivity contribution in [1.82, 2.24) is 5.32 Å². The van der Waals surface area contributed by atoms with E-state index in [2.05, 4.69) is 33.0 Å². The molecule has 17 heavy (non-hydrogen) atoms. The molecule has 1 aliphatic carbocycles. The van der Waals surface area contributed by atoms with Crippen molar-refractivity contribution in [3.8, 4) is 0 Å². The minimum absolute atomic E-state index is 0.207. The molecule has 2 heteroatoms. The van der Waals surface area contributed by atoms with Crippen LogP contribution in [0.15, 0.2) is 0 Å². The van der Waals surface area contributed by atoms with E-state index in [1.54, 1.807) is 0 Å². The lowest BCUT2D eigenvalue weighted by Gasteiger charge is -2.30. The summed E-state index contributed by atoms with van der Waals surface area (Å²) >= 11 is 0. The van der Waals surface area contributed by atoms with E-state index in [4.69, 9.17) is 0 Å². The van der Waals surface area contributed by atoms with Crippen LogP contribution in [0.3, 0.4) is 0 Å². The summed E-state index contributed by atoms with van der Waals surface area (Å²) in [7, 11) is 0. The third-order valence-electron chi connectivity index (χ3n) is 3.88. The van der Waals surface area contributed by atoms with Gasteiger partial charge in [0.05, 0.1) is 6.10 Å². The molecular weight excluding hydrogens is 210 g/mol. The first-order valence-electron chi connectivity index (χ1n) is 7.30. The van der Waals surface area contributed by atoms with Crippen LogP contribution in [-0.2, 0) is 0 Å². The second-order valence-corrected chi connectivity index (χ2v) is 7.01. The molecular formula is C15H31NO. The fraction of sp³-hybridized carbons (Fsp3) is 1.00. The van der Waals surface area contributed by atoms with Gasteiger partial charge >= 0.3 is 0 Å². The van der Waals surface area contributed by atoms with Gasteiger partial charge in [0, 0.05) is 12.6 Å². The standard InChI is InChI=1S/C15H31NO/c1-12(13-8-6-5-7-9-13)16-11-14(17)10-15(2,3)4/h12-14,16-17H,5-11H2,1-4H3. The Morgan fingerprint density at radius 3 is 2.29 bits per heavy atom. The Labute approximate surface area is 107 Å². The first-order valence-corrected chi connectivity index (χ1v) is 7.30. The molecule has 0 saturated heterocycles. The molecule has 2 unspecified atom stereocenters. The highest BCUT2D eigenvalue weighted by atomic mass is 16.3. The van der Waals surface area contributed by atoms with E-state index in [0.29, 0.717) is 6.04 Å². The van der Waals surface area contributed by atoms with E-state index in [9.17, 15) is 5.11 Å². The average molecular weight is 241 g/mol. The average Bonchev–Trinajstić information content (AvgIpc) is 2.25. The van der Waals surface area contributed by atoms with Crippen LogP contribution in [0.25, 0.3) is 0 Å². The van der Waals surface area contributed by atoms with Crippen molar-refractivity contribution in [2.75, 3.05) is 6.54 Å². The second kappa shape index (κ2) is 6.75. The van der Waals surface area contributed by atoms with Gasteiger partial charge in [-0.05, 0) is 37.5 Å². The summed E-state index contributed by atoms with van der Waals surface area (Å²) in [6, 6.07) is 0.560. The number of aliphatic hydroxyl groups is 1. The quantitative estimate of drug-likeness (QED) is 0.773. The maximum atomic E-state index is 9.97. The summed E-state index contributed by atoms with van der Waals surface area (Å²) in [5, 5.41) is 13.5. The Morgan fingerprint density at radius 1 is 1.18 bits per heavy atom. The molecule has 1 rings (SSSR count). The van der Waals surface area contributed by atoms with Crippen molar-refractivity contribution >= 4 is 0 Å². The van der Waals surface area contributed by atoms with Crippen molar-refractivity contribution in [3.05, 3.63) is 0 Å². The van der Waals surface area contributed by atoms with Crippen molar-refractivity contribution in [2.24, 2.45) is 11.3 Å². The van der Waals surface area contributed by atoms with Gasteiger partial charge in [-0.25, -0.2) is 0 Å². The summed E-state index contributed by atoms with van der Waals surface area (Å²) in [5.74, 6) is 0.825. The monoisotopic (exact) mass is 241 g/mol. The topological polar surface area (TPSA) is 32.3 Å². The van der Waals surface area contributed by atoms with Crippen LogP contribution in [0, 0.1) is 11.3 Å². The summed E-state index contributed by atoms with van der Waals surface area (Å²) in [6.07, 6.45) is 7.59. The van der Waals surface area contributed by atoms with E-state index in [1.807, 2.05) is 0 Å². The third kappa shape index (κ3) is 6.42.